The highest BCUT2D eigenvalue weighted by Crippen LogP contribution is 2.48. The normalized spacial score (nSPS) is 17.6. The molecule has 2 heterocycles. The number of furan rings is 1. The van der Waals surface area contributed by atoms with Crippen molar-refractivity contribution >= 4 is 38.4 Å². The second-order valence-electron chi connectivity index (χ2n) is 11.8. The van der Waals surface area contributed by atoms with Crippen molar-refractivity contribution in [2.24, 2.45) is 0 Å². The quantitative estimate of drug-likeness (QED) is 0.165. The Morgan fingerprint density at radius 2 is 1.71 bits per heavy atom. The number of carbonyl (C=O) groups excluding carboxylic acids is 2. The van der Waals surface area contributed by atoms with Gasteiger partial charge in [0.15, 0.2) is 5.78 Å². The molecule has 0 radical (unpaired) electrons. The molecule has 0 bridgehead atoms. The number of ketones is 1. The molecule has 248 valence electrons. The smallest absolute Gasteiger partial charge is 0.255 e. The molecule has 3 aromatic carbocycles. The van der Waals surface area contributed by atoms with E-state index in [2.05, 4.69) is 15.3 Å². The second kappa shape index (κ2) is 12.5. The predicted octanol–water partition coefficient (Wildman–Crippen LogP) is 6.62. The lowest BCUT2D eigenvalue weighted by molar-refractivity contribution is 0.0651. The molecule has 1 aliphatic rings. The number of Topliss-reactive ketones (excluding diaryl/α,β-unsaturated/α-hetero) is 1. The van der Waals surface area contributed by atoms with Crippen LogP contribution in [0.5, 0.6) is 0 Å². The fraction of sp³-hybridized carbons (Fsp3) is 0.257. The summed E-state index contributed by atoms with van der Waals surface area (Å²) >= 11 is 0. The minimum Gasteiger partial charge on any atom is -0.455 e. The van der Waals surface area contributed by atoms with Gasteiger partial charge < -0.3 is 9.73 Å². The Morgan fingerprint density at radius 3 is 2.31 bits per heavy atom. The highest BCUT2D eigenvalue weighted by Gasteiger charge is 2.49. The van der Waals surface area contributed by atoms with Crippen LogP contribution in [0, 0.1) is 11.6 Å². The molecule has 6 rings (SSSR count). The standard InChI is InChI=1S/C35H31F3N4O5S/c1-4-42(48(3,45)46)25-16-27-29(30(33(44)39-2)32(47-27)20-9-11-23(36)12-10-20)31(38)28(25)22-8-5-7-21(15-22)26(43)19-35(17-24(37)18-35)34-40-13-6-14-41-34/h5-16,24H,4,17-19H2,1-3H3,(H,39,44). The molecule has 0 unspecified atom stereocenters. The van der Waals surface area contributed by atoms with Crippen LogP contribution in [-0.4, -0.2) is 56.1 Å². The number of hydrogen-bond acceptors (Lipinski definition) is 7. The van der Waals surface area contributed by atoms with Crippen LogP contribution in [-0.2, 0) is 15.4 Å². The van der Waals surface area contributed by atoms with Crippen LogP contribution in [0.2, 0.25) is 0 Å². The van der Waals surface area contributed by atoms with Crippen molar-refractivity contribution in [2.45, 2.75) is 37.8 Å². The fourth-order valence-corrected chi connectivity index (χ4v) is 7.40. The predicted molar refractivity (Wildman–Crippen MR) is 175 cm³/mol. The third-order valence-corrected chi connectivity index (χ3v) is 9.91. The molecule has 0 spiro atoms. The third kappa shape index (κ3) is 5.83. The average Bonchev–Trinajstić information content (AvgIpc) is 3.44. The molecule has 1 N–H and O–H groups in total. The first kappa shape index (κ1) is 32.9. The largest absolute Gasteiger partial charge is 0.455 e. The van der Waals surface area contributed by atoms with Crippen molar-refractivity contribution in [1.29, 1.82) is 0 Å². The Bertz CT molecular complexity index is 2150. The van der Waals surface area contributed by atoms with Crippen LogP contribution >= 0.6 is 0 Å². The average molecular weight is 677 g/mol. The Balaban J connectivity index is 1.54. The second-order valence-corrected chi connectivity index (χ2v) is 13.7. The maximum absolute atomic E-state index is 17.1. The van der Waals surface area contributed by atoms with Gasteiger partial charge in [0.05, 0.1) is 22.9 Å². The number of aromatic nitrogens is 2. The number of nitrogens with one attached hydrogen (secondary N) is 1. The summed E-state index contributed by atoms with van der Waals surface area (Å²) in [7, 11) is -2.60. The lowest BCUT2D eigenvalue weighted by atomic mass is 9.63. The van der Waals surface area contributed by atoms with Crippen molar-refractivity contribution in [3.05, 3.63) is 102 Å². The van der Waals surface area contributed by atoms with E-state index in [4.69, 9.17) is 4.42 Å². The number of sulfonamides is 1. The minimum absolute atomic E-state index is 0.0437. The summed E-state index contributed by atoms with van der Waals surface area (Å²) in [6.07, 6.45) is 3.01. The van der Waals surface area contributed by atoms with Gasteiger partial charge in [-0.2, -0.15) is 0 Å². The first-order chi connectivity index (χ1) is 22.9. The van der Waals surface area contributed by atoms with Crippen LogP contribution in [0.15, 0.2) is 77.5 Å². The SMILES string of the molecule is CCN(c1cc2oc(-c3ccc(F)cc3)c(C(=O)NC)c2c(F)c1-c1cccc(C(=O)CC2(c3ncccn3)CC(F)C2)c1)S(C)(=O)=O. The van der Waals surface area contributed by atoms with Crippen molar-refractivity contribution in [1.82, 2.24) is 15.3 Å². The van der Waals surface area contributed by atoms with Crippen LogP contribution in [0.25, 0.3) is 33.4 Å². The summed E-state index contributed by atoms with van der Waals surface area (Å²) in [6.45, 7) is 1.50. The lowest BCUT2D eigenvalue weighted by Gasteiger charge is -2.42. The highest BCUT2D eigenvalue weighted by molar-refractivity contribution is 7.92. The van der Waals surface area contributed by atoms with Gasteiger partial charge in [-0.1, -0.05) is 18.2 Å². The number of benzene rings is 3. The Morgan fingerprint density at radius 1 is 1.02 bits per heavy atom. The first-order valence-electron chi connectivity index (χ1n) is 15.2. The van der Waals surface area contributed by atoms with E-state index in [1.807, 2.05) is 0 Å². The topological polar surface area (TPSA) is 122 Å². The molecule has 9 nitrogen and oxygen atoms in total. The molecule has 1 fully saturated rings. The van der Waals surface area contributed by atoms with E-state index in [0.29, 0.717) is 11.4 Å². The number of halogens is 3. The number of rotatable bonds is 10. The Labute approximate surface area is 274 Å². The Hall–Kier alpha value is -5.04. The number of alkyl halides is 1. The highest BCUT2D eigenvalue weighted by atomic mass is 32.2. The van der Waals surface area contributed by atoms with E-state index < -0.39 is 39.2 Å². The van der Waals surface area contributed by atoms with Crippen LogP contribution in [0.1, 0.15) is 52.7 Å². The summed E-state index contributed by atoms with van der Waals surface area (Å²) in [5.41, 5.74) is -0.812. The molecule has 13 heteroatoms. The van der Waals surface area contributed by atoms with E-state index in [1.165, 1.54) is 68.0 Å². The summed E-state index contributed by atoms with van der Waals surface area (Å²) in [5, 5.41) is 2.26. The van der Waals surface area contributed by atoms with Gasteiger partial charge in [-0.25, -0.2) is 31.6 Å². The Kier molecular flexibility index (Phi) is 8.58. The van der Waals surface area contributed by atoms with Crippen LogP contribution < -0.4 is 9.62 Å². The molecule has 1 amide bonds. The van der Waals surface area contributed by atoms with Crippen molar-refractivity contribution in [3.63, 3.8) is 0 Å². The van der Waals surface area contributed by atoms with Gasteiger partial charge in [0.2, 0.25) is 10.0 Å². The molecular weight excluding hydrogens is 645 g/mol. The van der Waals surface area contributed by atoms with Gasteiger partial charge in [-0.3, -0.25) is 13.9 Å². The monoisotopic (exact) mass is 676 g/mol. The number of fused-ring (bicyclic) bond motifs is 1. The van der Waals surface area contributed by atoms with Crippen molar-refractivity contribution < 1.29 is 35.6 Å². The molecule has 48 heavy (non-hydrogen) atoms. The van der Waals surface area contributed by atoms with Gasteiger partial charge in [0, 0.05) is 60.6 Å². The van der Waals surface area contributed by atoms with Gasteiger partial charge in [-0.05, 0) is 61.7 Å². The van der Waals surface area contributed by atoms with E-state index in [1.54, 1.807) is 19.1 Å². The van der Waals surface area contributed by atoms with E-state index in [9.17, 15) is 26.8 Å². The molecule has 5 aromatic rings. The number of amides is 1. The van der Waals surface area contributed by atoms with E-state index in [-0.39, 0.29) is 76.3 Å². The third-order valence-electron chi connectivity index (χ3n) is 8.65. The molecule has 1 saturated carbocycles. The number of hydrogen-bond donors (Lipinski definition) is 1. The summed E-state index contributed by atoms with van der Waals surface area (Å²) in [6, 6.07) is 14.1. The molecule has 1 aliphatic carbocycles. The summed E-state index contributed by atoms with van der Waals surface area (Å²) in [5.74, 6) is -2.21. The van der Waals surface area contributed by atoms with E-state index >= 15 is 4.39 Å². The van der Waals surface area contributed by atoms with E-state index in [0.717, 1.165) is 10.6 Å². The maximum atomic E-state index is 17.1. The van der Waals surface area contributed by atoms with Gasteiger partial charge >= 0.3 is 0 Å². The zero-order valence-corrected chi connectivity index (χ0v) is 27.1. The fourth-order valence-electron chi connectivity index (χ4n) is 6.43. The lowest BCUT2D eigenvalue weighted by Crippen LogP contribution is -2.45. The van der Waals surface area contributed by atoms with Crippen molar-refractivity contribution in [3.8, 4) is 22.5 Å². The molecule has 0 aliphatic heterocycles. The molecular formula is C35H31F3N4O5S. The maximum Gasteiger partial charge on any atom is 0.255 e. The number of anilines is 1. The van der Waals surface area contributed by atoms with Crippen LogP contribution in [0.4, 0.5) is 18.9 Å². The summed E-state index contributed by atoms with van der Waals surface area (Å²) in [4.78, 5) is 35.5. The van der Waals surface area contributed by atoms with Crippen molar-refractivity contribution in [2.75, 3.05) is 24.2 Å². The number of nitrogens with zero attached hydrogens (tertiary/aromatic N) is 3. The van der Waals surface area contributed by atoms with Gasteiger partial charge in [0.1, 0.15) is 35.0 Å². The minimum atomic E-state index is -3.96. The van der Waals surface area contributed by atoms with Crippen LogP contribution in [0.3, 0.4) is 0 Å². The zero-order chi connectivity index (χ0) is 34.4. The molecule has 0 atom stereocenters. The first-order valence-corrected chi connectivity index (χ1v) is 17.0. The number of carbonyl (C=O) groups is 2. The molecule has 2 aromatic heterocycles. The molecule has 0 saturated heterocycles. The van der Waals surface area contributed by atoms with Gasteiger partial charge in [0.25, 0.3) is 5.91 Å². The van der Waals surface area contributed by atoms with Gasteiger partial charge in [-0.15, -0.1) is 0 Å². The zero-order valence-electron chi connectivity index (χ0n) is 26.3. The summed E-state index contributed by atoms with van der Waals surface area (Å²) < 4.78 is 78.0.